The van der Waals surface area contributed by atoms with Gasteiger partial charge in [0.05, 0.1) is 14.2 Å². The molecule has 36 heavy (non-hydrogen) atoms. The summed E-state index contributed by atoms with van der Waals surface area (Å²) >= 11 is 0. The lowest BCUT2D eigenvalue weighted by Gasteiger charge is -2.35. The summed E-state index contributed by atoms with van der Waals surface area (Å²) in [6.07, 6.45) is 5.10. The number of piperidine rings is 1. The van der Waals surface area contributed by atoms with Crippen LogP contribution >= 0.6 is 0 Å². The van der Waals surface area contributed by atoms with Crippen molar-refractivity contribution in [2.24, 2.45) is 5.92 Å². The number of benzene rings is 1. The van der Waals surface area contributed by atoms with Gasteiger partial charge in [-0.2, -0.15) is 0 Å². The SMILES string of the molecule is COc1ccc(C(C(=O)O)N2CCC(C(=O)NCCCc3ccc4c(n3)NCCC4)CC2)c(OC)c1. The van der Waals surface area contributed by atoms with Crippen LogP contribution in [0.2, 0.25) is 0 Å². The molecule has 0 bridgehead atoms. The molecule has 0 saturated carbocycles. The van der Waals surface area contributed by atoms with Crippen molar-refractivity contribution in [3.63, 3.8) is 0 Å². The molecule has 3 heterocycles. The third-order valence-corrected chi connectivity index (χ3v) is 7.10. The van der Waals surface area contributed by atoms with Crippen LogP contribution in [0.5, 0.6) is 11.5 Å². The van der Waals surface area contributed by atoms with Gasteiger partial charge in [-0.3, -0.25) is 14.5 Å². The molecule has 1 atom stereocenters. The number of fused-ring (bicyclic) bond motifs is 1. The molecule has 0 radical (unpaired) electrons. The standard InChI is InChI=1S/C27H36N4O5/c1-35-21-9-10-22(23(17-21)36-2)24(27(33)34)31-15-11-19(12-16-31)26(32)29-14-4-6-20-8-7-18-5-3-13-28-25(18)30-20/h7-10,17,19,24H,3-6,11-16H2,1-2H3,(H,28,30)(H,29,32)(H,33,34). The highest BCUT2D eigenvalue weighted by molar-refractivity contribution is 5.79. The number of anilines is 1. The van der Waals surface area contributed by atoms with E-state index in [9.17, 15) is 14.7 Å². The van der Waals surface area contributed by atoms with Gasteiger partial charge in [-0.25, -0.2) is 4.98 Å². The van der Waals surface area contributed by atoms with Crippen molar-refractivity contribution in [1.29, 1.82) is 0 Å². The molecule has 0 spiro atoms. The van der Waals surface area contributed by atoms with Crippen LogP contribution < -0.4 is 20.1 Å². The Morgan fingerprint density at radius 2 is 2.00 bits per heavy atom. The molecule has 2 aliphatic rings. The van der Waals surface area contributed by atoms with Crippen LogP contribution in [0.15, 0.2) is 30.3 Å². The lowest BCUT2D eigenvalue weighted by molar-refractivity contribution is -0.144. The van der Waals surface area contributed by atoms with Crippen molar-refractivity contribution in [1.82, 2.24) is 15.2 Å². The van der Waals surface area contributed by atoms with Gasteiger partial charge in [-0.05, 0) is 62.3 Å². The Morgan fingerprint density at radius 1 is 1.19 bits per heavy atom. The highest BCUT2D eigenvalue weighted by atomic mass is 16.5. The van der Waals surface area contributed by atoms with Crippen molar-refractivity contribution in [3.05, 3.63) is 47.2 Å². The van der Waals surface area contributed by atoms with Gasteiger partial charge in [0.2, 0.25) is 5.91 Å². The number of aromatic nitrogens is 1. The summed E-state index contributed by atoms with van der Waals surface area (Å²) in [7, 11) is 3.08. The molecule has 1 saturated heterocycles. The molecule has 4 rings (SSSR count). The van der Waals surface area contributed by atoms with Gasteiger partial charge in [0.1, 0.15) is 23.4 Å². The van der Waals surface area contributed by atoms with E-state index < -0.39 is 12.0 Å². The normalized spacial score (nSPS) is 16.9. The third kappa shape index (κ3) is 6.07. The predicted molar refractivity (Wildman–Crippen MR) is 137 cm³/mol. The zero-order valence-corrected chi connectivity index (χ0v) is 21.1. The van der Waals surface area contributed by atoms with Crippen LogP contribution in [0.3, 0.4) is 0 Å². The largest absolute Gasteiger partial charge is 0.497 e. The van der Waals surface area contributed by atoms with Crippen LogP contribution in [-0.2, 0) is 22.4 Å². The highest BCUT2D eigenvalue weighted by Crippen LogP contribution is 2.35. The van der Waals surface area contributed by atoms with Gasteiger partial charge in [0.15, 0.2) is 0 Å². The first-order valence-corrected chi connectivity index (χ1v) is 12.7. The molecule has 9 heteroatoms. The minimum absolute atomic E-state index is 0.0450. The average molecular weight is 497 g/mol. The summed E-state index contributed by atoms with van der Waals surface area (Å²) in [5.41, 5.74) is 2.90. The van der Waals surface area contributed by atoms with E-state index >= 15 is 0 Å². The summed E-state index contributed by atoms with van der Waals surface area (Å²) in [4.78, 5) is 31.6. The van der Waals surface area contributed by atoms with Crippen LogP contribution in [0.1, 0.15) is 48.5 Å². The molecule has 1 amide bonds. The number of hydrogen-bond donors (Lipinski definition) is 3. The molecule has 3 N–H and O–H groups in total. The number of ether oxygens (including phenoxy) is 2. The molecule has 1 aromatic carbocycles. The number of hydrogen-bond acceptors (Lipinski definition) is 7. The summed E-state index contributed by atoms with van der Waals surface area (Å²) in [5.74, 6) is 1.08. The van der Waals surface area contributed by atoms with Gasteiger partial charge in [0.25, 0.3) is 0 Å². The second kappa shape index (κ2) is 12.1. The molecule has 1 unspecified atom stereocenters. The summed E-state index contributed by atoms with van der Waals surface area (Å²) in [5, 5.41) is 16.4. The van der Waals surface area contributed by atoms with E-state index in [1.54, 1.807) is 25.3 Å². The molecule has 1 aromatic heterocycles. The second-order valence-corrected chi connectivity index (χ2v) is 9.39. The number of carboxylic acids is 1. The van der Waals surface area contributed by atoms with E-state index in [-0.39, 0.29) is 11.8 Å². The van der Waals surface area contributed by atoms with Crippen molar-refractivity contribution < 1.29 is 24.2 Å². The molecular weight excluding hydrogens is 460 g/mol. The second-order valence-electron chi connectivity index (χ2n) is 9.39. The predicted octanol–water partition coefficient (Wildman–Crippen LogP) is 3.04. The summed E-state index contributed by atoms with van der Waals surface area (Å²) in [6, 6.07) is 8.57. The van der Waals surface area contributed by atoms with Crippen LogP contribution in [-0.4, -0.2) is 67.3 Å². The number of pyridine rings is 1. The number of methoxy groups -OCH3 is 2. The van der Waals surface area contributed by atoms with Crippen LogP contribution in [0.4, 0.5) is 5.82 Å². The van der Waals surface area contributed by atoms with Crippen LogP contribution in [0, 0.1) is 5.92 Å². The number of carbonyl (C=O) groups excluding carboxylic acids is 1. The molecule has 1 fully saturated rings. The van der Waals surface area contributed by atoms with E-state index in [1.165, 1.54) is 12.7 Å². The maximum atomic E-state index is 12.7. The topological polar surface area (TPSA) is 113 Å². The van der Waals surface area contributed by atoms with Gasteiger partial charge in [0, 0.05) is 49.4 Å². The van der Waals surface area contributed by atoms with Gasteiger partial charge in [-0.15, -0.1) is 0 Å². The Hall–Kier alpha value is -3.33. The van der Waals surface area contributed by atoms with E-state index in [0.717, 1.165) is 43.7 Å². The molecule has 2 aliphatic heterocycles. The number of nitrogens with zero attached hydrogens (tertiary/aromatic N) is 2. The Bertz CT molecular complexity index is 1070. The quantitative estimate of drug-likeness (QED) is 0.430. The Balaban J connectivity index is 1.26. The first-order valence-electron chi connectivity index (χ1n) is 12.7. The number of likely N-dealkylation sites (tertiary alicyclic amines) is 1. The van der Waals surface area contributed by atoms with E-state index in [0.29, 0.717) is 49.5 Å². The van der Waals surface area contributed by atoms with Crippen molar-refractivity contribution >= 4 is 17.7 Å². The average Bonchev–Trinajstić information content (AvgIpc) is 2.91. The Morgan fingerprint density at radius 3 is 2.72 bits per heavy atom. The third-order valence-electron chi connectivity index (χ3n) is 7.10. The minimum Gasteiger partial charge on any atom is -0.497 e. The van der Waals surface area contributed by atoms with E-state index in [1.807, 2.05) is 4.90 Å². The smallest absolute Gasteiger partial charge is 0.325 e. The monoisotopic (exact) mass is 496 g/mol. The van der Waals surface area contributed by atoms with Gasteiger partial charge in [-0.1, -0.05) is 6.07 Å². The molecular formula is C27H36N4O5. The lowest BCUT2D eigenvalue weighted by atomic mass is 9.93. The summed E-state index contributed by atoms with van der Waals surface area (Å²) < 4.78 is 10.7. The zero-order chi connectivity index (χ0) is 25.5. The first kappa shape index (κ1) is 25.8. The Kier molecular flexibility index (Phi) is 8.64. The number of aliphatic carboxylic acids is 1. The van der Waals surface area contributed by atoms with Crippen molar-refractivity contribution in [3.8, 4) is 11.5 Å². The summed E-state index contributed by atoms with van der Waals surface area (Å²) in [6.45, 7) is 2.62. The number of rotatable bonds is 10. The first-order chi connectivity index (χ1) is 17.5. The van der Waals surface area contributed by atoms with E-state index in [4.69, 9.17) is 14.5 Å². The molecule has 9 nitrogen and oxygen atoms in total. The maximum Gasteiger partial charge on any atom is 0.325 e. The number of carbonyl (C=O) groups is 2. The number of nitrogens with one attached hydrogen (secondary N) is 2. The number of aryl methyl sites for hydroxylation is 2. The number of amides is 1. The number of carboxylic acid groups (broad SMARTS) is 1. The van der Waals surface area contributed by atoms with Gasteiger partial charge < -0.3 is 25.2 Å². The minimum atomic E-state index is -0.938. The fourth-order valence-corrected chi connectivity index (χ4v) is 5.08. The zero-order valence-electron chi connectivity index (χ0n) is 21.1. The lowest BCUT2D eigenvalue weighted by Crippen LogP contribution is -2.44. The molecule has 2 aromatic rings. The Labute approximate surface area is 212 Å². The fraction of sp³-hybridized carbons (Fsp3) is 0.519. The van der Waals surface area contributed by atoms with E-state index in [2.05, 4.69) is 22.8 Å². The van der Waals surface area contributed by atoms with Gasteiger partial charge >= 0.3 is 5.97 Å². The molecule has 194 valence electrons. The van der Waals surface area contributed by atoms with Crippen molar-refractivity contribution in [2.45, 2.75) is 44.6 Å². The van der Waals surface area contributed by atoms with Crippen molar-refractivity contribution in [2.75, 3.05) is 45.7 Å². The fourth-order valence-electron chi connectivity index (χ4n) is 5.08. The molecule has 0 aliphatic carbocycles. The maximum absolute atomic E-state index is 12.7. The van der Waals surface area contributed by atoms with Crippen LogP contribution in [0.25, 0.3) is 0 Å². The highest BCUT2D eigenvalue weighted by Gasteiger charge is 2.34.